The van der Waals surface area contributed by atoms with Crippen LogP contribution >= 0.6 is 17.1 Å². The first-order valence-electron chi connectivity index (χ1n) is 3.51. The Morgan fingerprint density at radius 1 is 1.33 bits per heavy atom. The van der Waals surface area contributed by atoms with Gasteiger partial charge in [-0.15, -0.1) is 11.4 Å². The minimum atomic E-state index is -2.80. The average Bonchev–Trinajstić information content (AvgIpc) is 1.53. The van der Waals surface area contributed by atoms with Crippen molar-refractivity contribution in [2.24, 2.45) is 0 Å². The molecule has 0 spiro atoms. The maximum atomic E-state index is 11.4. The minimum Gasteiger partial charge on any atom is -0.793 e. The summed E-state index contributed by atoms with van der Waals surface area (Å²) in [5, 5.41) is 0.261. The quantitative estimate of drug-likeness (QED) is 0.525. The summed E-state index contributed by atoms with van der Waals surface area (Å²) in [5.74, 6) is 0. The summed E-state index contributed by atoms with van der Waals surface area (Å²) >= 11 is 6.03. The first-order chi connectivity index (χ1) is 4.83. The molecule has 0 aromatic carbocycles. The van der Waals surface area contributed by atoms with Crippen LogP contribution in [0.1, 0.15) is 27.7 Å². The molecule has 12 heavy (non-hydrogen) atoms. The predicted molar refractivity (Wildman–Crippen MR) is 53.2 cm³/mol. The van der Waals surface area contributed by atoms with Gasteiger partial charge in [-0.2, -0.15) is 0 Å². The molecule has 0 saturated carbocycles. The summed E-state index contributed by atoms with van der Waals surface area (Å²) in [6.07, 6.45) is -0.0513. The van der Waals surface area contributed by atoms with Crippen molar-refractivity contribution >= 4 is 28.9 Å². The van der Waals surface area contributed by atoms with Gasteiger partial charge in [0.15, 0.2) is 0 Å². The van der Waals surface area contributed by atoms with Gasteiger partial charge in [-0.05, 0) is 13.8 Å². The summed E-state index contributed by atoms with van der Waals surface area (Å²) < 4.78 is 5.08. The molecule has 0 N–H and O–H groups in total. The second-order valence-electron chi connectivity index (χ2n) is 2.76. The molecule has 78 valence electrons. The molecule has 0 amide bonds. The Balaban J connectivity index is 0. The van der Waals surface area contributed by atoms with Crippen LogP contribution in [0, 0.1) is 0 Å². The monoisotopic (exact) mass is 410 g/mol. The second-order valence-corrected chi connectivity index (χ2v) is 9.22. The van der Waals surface area contributed by atoms with E-state index >= 15 is 0 Å². The number of hydrogen-bond acceptors (Lipinski definition) is 4. The van der Waals surface area contributed by atoms with Gasteiger partial charge in [0, 0.05) is 10.9 Å². The van der Waals surface area contributed by atoms with E-state index in [-0.39, 0.29) is 33.7 Å². The van der Waals surface area contributed by atoms with Crippen molar-refractivity contribution in [3.63, 3.8) is 0 Å². The van der Waals surface area contributed by atoms with E-state index in [0.29, 0.717) is 0 Å². The van der Waals surface area contributed by atoms with Crippen LogP contribution in [0.4, 0.5) is 0 Å². The molecule has 0 saturated heterocycles. The largest absolute Gasteiger partial charge is 1.00 e. The van der Waals surface area contributed by atoms with Crippen molar-refractivity contribution in [2.75, 3.05) is 0 Å². The Labute approximate surface area is 99.3 Å². The van der Waals surface area contributed by atoms with Crippen molar-refractivity contribution in [1.29, 1.82) is 0 Å². The van der Waals surface area contributed by atoms with E-state index < -0.39 is 5.69 Å². The van der Waals surface area contributed by atoms with Crippen LogP contribution < -0.4 is 4.89 Å². The van der Waals surface area contributed by atoms with Crippen LogP contribution in [0.2, 0.25) is 0 Å². The zero-order valence-corrected chi connectivity index (χ0v) is 12.2. The van der Waals surface area contributed by atoms with Gasteiger partial charge in [-0.3, -0.25) is 0 Å². The third kappa shape index (κ3) is 9.75. The molecule has 0 fully saturated rings. The molecule has 0 aliphatic rings. The molecule has 0 heterocycles. The van der Waals surface area contributed by atoms with E-state index in [4.69, 9.17) is 16.3 Å². The number of hydrogen-bond donors (Lipinski definition) is 0. The van der Waals surface area contributed by atoms with Crippen LogP contribution in [0.3, 0.4) is 0 Å². The van der Waals surface area contributed by atoms with Gasteiger partial charge in [0.2, 0.25) is 0 Å². The Bertz CT molecular complexity index is 150. The predicted octanol–water partition coefficient (Wildman–Crippen LogP) is 2.14. The van der Waals surface area contributed by atoms with Gasteiger partial charge in [-0.25, -0.2) is 0 Å². The van der Waals surface area contributed by atoms with Gasteiger partial charge in [0.05, 0.1) is 6.10 Å². The van der Waals surface area contributed by atoms with Gasteiger partial charge in [0.25, 0.3) is 0 Å². The minimum absolute atomic E-state index is 0. The van der Waals surface area contributed by atoms with Crippen molar-refractivity contribution in [2.45, 2.75) is 39.0 Å². The fourth-order valence-electron chi connectivity index (χ4n) is 0.541. The van der Waals surface area contributed by atoms with E-state index in [2.05, 4.69) is 0 Å². The zero-order valence-electron chi connectivity index (χ0n) is 7.54. The molecule has 1 atom stereocenters. The SMILES string of the molecule is CC(C)OP([O-])(=S)SC(C)C.[Au+]. The van der Waals surface area contributed by atoms with Crippen LogP contribution in [0.25, 0.3) is 0 Å². The van der Waals surface area contributed by atoms with Gasteiger partial charge in [-0.1, -0.05) is 25.7 Å². The Kier molecular flexibility index (Phi) is 9.42. The van der Waals surface area contributed by atoms with Crippen molar-refractivity contribution in [3.05, 3.63) is 0 Å². The van der Waals surface area contributed by atoms with E-state index in [9.17, 15) is 4.89 Å². The van der Waals surface area contributed by atoms with E-state index in [1.165, 1.54) is 11.4 Å². The summed E-state index contributed by atoms with van der Waals surface area (Å²) in [7, 11) is 0. The maximum Gasteiger partial charge on any atom is 1.00 e. The van der Waals surface area contributed by atoms with Crippen molar-refractivity contribution < 1.29 is 31.8 Å². The first kappa shape index (κ1) is 16.1. The molecule has 2 nitrogen and oxygen atoms in total. The molecule has 0 aromatic rings. The van der Waals surface area contributed by atoms with E-state index in [1.54, 1.807) is 0 Å². The topological polar surface area (TPSA) is 32.3 Å². The smallest absolute Gasteiger partial charge is 0.793 e. The van der Waals surface area contributed by atoms with Crippen LogP contribution in [0.15, 0.2) is 0 Å². The number of rotatable bonds is 4. The Hall–Kier alpha value is 1.66. The fraction of sp³-hybridized carbons (Fsp3) is 1.00. The Morgan fingerprint density at radius 2 is 1.75 bits per heavy atom. The molecule has 0 aliphatic heterocycles. The van der Waals surface area contributed by atoms with Crippen molar-refractivity contribution in [1.82, 2.24) is 0 Å². The average molecular weight is 410 g/mol. The van der Waals surface area contributed by atoms with Crippen LogP contribution in [-0.4, -0.2) is 11.4 Å². The van der Waals surface area contributed by atoms with Crippen LogP contribution in [-0.2, 0) is 38.7 Å². The standard InChI is InChI=1S/C6H15O2PS2.Au/c1-5(2)8-9(7,10)11-6(3)4;/h5-6H,1-4H3,(H,7,10);/q;+1/p-1. The van der Waals surface area contributed by atoms with Crippen molar-refractivity contribution in [3.8, 4) is 0 Å². The van der Waals surface area contributed by atoms with Crippen LogP contribution in [0.5, 0.6) is 0 Å². The molecule has 0 rings (SSSR count). The molecule has 0 aliphatic carbocycles. The molecule has 6 heteroatoms. The molecule has 0 aromatic heterocycles. The summed E-state index contributed by atoms with van der Waals surface area (Å²) in [6, 6.07) is 0. The maximum absolute atomic E-state index is 11.4. The van der Waals surface area contributed by atoms with Gasteiger partial charge >= 0.3 is 22.4 Å². The summed E-state index contributed by atoms with van der Waals surface area (Å²) in [4.78, 5) is 11.4. The molecular weight excluding hydrogens is 396 g/mol. The molecule has 0 bridgehead atoms. The van der Waals surface area contributed by atoms with Gasteiger partial charge in [0.1, 0.15) is 0 Å². The summed E-state index contributed by atoms with van der Waals surface area (Å²) in [5.41, 5.74) is -2.80. The third-order valence-electron chi connectivity index (χ3n) is 0.680. The third-order valence-corrected chi connectivity index (χ3v) is 5.37. The van der Waals surface area contributed by atoms with Gasteiger partial charge < -0.3 is 9.42 Å². The van der Waals surface area contributed by atoms with E-state index in [1.807, 2.05) is 27.7 Å². The first-order valence-corrected chi connectivity index (χ1v) is 7.63. The second kappa shape index (κ2) is 7.02. The molecule has 1 unspecified atom stereocenters. The molecule has 0 radical (unpaired) electrons. The fourth-order valence-corrected chi connectivity index (χ4v) is 5.90. The zero-order chi connectivity index (χ0) is 9.07. The summed E-state index contributed by atoms with van der Waals surface area (Å²) in [6.45, 7) is 7.57. The normalized spacial score (nSPS) is 15.9. The molecular formula is C6H14AuO2PS2. The Morgan fingerprint density at radius 3 is 2.00 bits per heavy atom. The van der Waals surface area contributed by atoms with E-state index in [0.717, 1.165) is 0 Å².